The highest BCUT2D eigenvalue weighted by Gasteiger charge is 2.00. The topological polar surface area (TPSA) is 87.7 Å². The van der Waals surface area contributed by atoms with Crippen molar-refractivity contribution < 1.29 is 10.0 Å². The standard InChI is InChI=1S/C8H17N3O2/c1-2-3-4-5-8(12)10-6-7(9)11-13/h13H,2-6H2,1H3,(H2,9,11)(H,10,12). The van der Waals surface area contributed by atoms with Crippen LogP contribution in [0.25, 0.3) is 0 Å². The van der Waals surface area contributed by atoms with Gasteiger partial charge in [-0.15, -0.1) is 0 Å². The number of carbonyl (C=O) groups is 1. The number of amides is 1. The van der Waals surface area contributed by atoms with Crippen molar-refractivity contribution >= 4 is 11.7 Å². The molecule has 0 aromatic rings. The molecule has 13 heavy (non-hydrogen) atoms. The Kier molecular flexibility index (Phi) is 6.68. The van der Waals surface area contributed by atoms with Crippen LogP contribution in [0.4, 0.5) is 0 Å². The average Bonchev–Trinajstić information content (AvgIpc) is 2.14. The van der Waals surface area contributed by atoms with Crippen molar-refractivity contribution in [3.05, 3.63) is 0 Å². The predicted octanol–water partition coefficient (Wildman–Crippen LogP) is 0.429. The molecule has 5 heteroatoms. The maximum Gasteiger partial charge on any atom is 0.220 e. The number of amidine groups is 1. The minimum atomic E-state index is -0.0555. The summed E-state index contributed by atoms with van der Waals surface area (Å²) in [7, 11) is 0. The van der Waals surface area contributed by atoms with Crippen LogP contribution in [-0.2, 0) is 4.79 Å². The van der Waals surface area contributed by atoms with E-state index in [0.717, 1.165) is 19.3 Å². The van der Waals surface area contributed by atoms with Crippen LogP contribution in [0.1, 0.15) is 32.6 Å². The van der Waals surface area contributed by atoms with Gasteiger partial charge in [-0.1, -0.05) is 24.9 Å². The molecule has 1 amide bonds. The first-order chi connectivity index (χ1) is 6.20. The van der Waals surface area contributed by atoms with E-state index >= 15 is 0 Å². The molecule has 0 saturated carbocycles. The molecule has 0 spiro atoms. The molecule has 0 aromatic heterocycles. The van der Waals surface area contributed by atoms with E-state index in [1.807, 2.05) is 0 Å². The first-order valence-electron chi connectivity index (χ1n) is 4.43. The van der Waals surface area contributed by atoms with Crippen LogP contribution in [0.15, 0.2) is 5.16 Å². The van der Waals surface area contributed by atoms with Gasteiger partial charge in [0.05, 0.1) is 6.54 Å². The molecule has 0 aliphatic heterocycles. The van der Waals surface area contributed by atoms with E-state index in [1.165, 1.54) is 0 Å². The number of oxime groups is 1. The van der Waals surface area contributed by atoms with Gasteiger partial charge < -0.3 is 16.3 Å². The summed E-state index contributed by atoms with van der Waals surface area (Å²) in [6, 6.07) is 0. The Balaban J connectivity index is 3.41. The van der Waals surface area contributed by atoms with Gasteiger partial charge in [0.2, 0.25) is 5.91 Å². The maximum absolute atomic E-state index is 11.0. The zero-order valence-electron chi connectivity index (χ0n) is 7.92. The van der Waals surface area contributed by atoms with E-state index in [2.05, 4.69) is 17.4 Å². The molecule has 0 atom stereocenters. The lowest BCUT2D eigenvalue weighted by Crippen LogP contribution is -2.33. The number of hydrogen-bond donors (Lipinski definition) is 3. The Morgan fingerprint density at radius 2 is 2.23 bits per heavy atom. The second-order valence-electron chi connectivity index (χ2n) is 2.83. The third kappa shape index (κ3) is 7.11. The van der Waals surface area contributed by atoms with Crippen molar-refractivity contribution in [2.75, 3.05) is 6.54 Å². The van der Waals surface area contributed by atoms with Gasteiger partial charge in [0.1, 0.15) is 0 Å². The number of nitrogens with two attached hydrogens (primary N) is 1. The quantitative estimate of drug-likeness (QED) is 0.185. The molecular weight excluding hydrogens is 170 g/mol. The van der Waals surface area contributed by atoms with Gasteiger partial charge in [-0.2, -0.15) is 0 Å². The molecule has 0 aliphatic carbocycles. The fourth-order valence-corrected chi connectivity index (χ4v) is 0.848. The minimum Gasteiger partial charge on any atom is -0.409 e. The van der Waals surface area contributed by atoms with Gasteiger partial charge in [-0.25, -0.2) is 0 Å². The average molecular weight is 187 g/mol. The van der Waals surface area contributed by atoms with Crippen LogP contribution < -0.4 is 11.1 Å². The number of hydrogen-bond acceptors (Lipinski definition) is 3. The van der Waals surface area contributed by atoms with Gasteiger partial charge in [-0.05, 0) is 6.42 Å². The Morgan fingerprint density at radius 3 is 2.77 bits per heavy atom. The summed E-state index contributed by atoms with van der Waals surface area (Å²) in [6.07, 6.45) is 3.54. The zero-order chi connectivity index (χ0) is 10.1. The largest absolute Gasteiger partial charge is 0.409 e. The second kappa shape index (κ2) is 7.39. The molecule has 5 nitrogen and oxygen atoms in total. The number of unbranched alkanes of at least 4 members (excludes halogenated alkanes) is 2. The predicted molar refractivity (Wildman–Crippen MR) is 50.6 cm³/mol. The molecule has 0 radical (unpaired) electrons. The van der Waals surface area contributed by atoms with Crippen molar-refractivity contribution in [3.63, 3.8) is 0 Å². The van der Waals surface area contributed by atoms with E-state index < -0.39 is 0 Å². The molecule has 0 saturated heterocycles. The molecule has 0 rings (SSSR count). The van der Waals surface area contributed by atoms with E-state index in [9.17, 15) is 4.79 Å². The first-order valence-corrected chi connectivity index (χ1v) is 4.43. The van der Waals surface area contributed by atoms with Crippen LogP contribution in [0.3, 0.4) is 0 Å². The SMILES string of the molecule is CCCCCC(=O)NC/C(N)=N/O. The summed E-state index contributed by atoms with van der Waals surface area (Å²) in [5, 5.41) is 13.4. The fourth-order valence-electron chi connectivity index (χ4n) is 0.848. The molecular formula is C8H17N3O2. The highest BCUT2D eigenvalue weighted by molar-refractivity contribution is 5.86. The normalized spacial score (nSPS) is 11.3. The molecule has 0 fully saturated rings. The smallest absolute Gasteiger partial charge is 0.220 e. The van der Waals surface area contributed by atoms with Crippen molar-refractivity contribution in [2.45, 2.75) is 32.6 Å². The molecule has 0 heterocycles. The Bertz CT molecular complexity index is 180. The van der Waals surface area contributed by atoms with E-state index in [0.29, 0.717) is 6.42 Å². The highest BCUT2D eigenvalue weighted by atomic mass is 16.4. The molecule has 0 aliphatic rings. The Labute approximate surface area is 78.0 Å². The summed E-state index contributed by atoms with van der Waals surface area (Å²) >= 11 is 0. The van der Waals surface area contributed by atoms with Crippen molar-refractivity contribution in [2.24, 2.45) is 10.9 Å². The third-order valence-corrected chi connectivity index (χ3v) is 1.60. The van der Waals surface area contributed by atoms with Crippen LogP contribution >= 0.6 is 0 Å². The molecule has 0 unspecified atom stereocenters. The lowest BCUT2D eigenvalue weighted by atomic mass is 10.2. The van der Waals surface area contributed by atoms with Gasteiger partial charge in [-0.3, -0.25) is 4.79 Å². The van der Waals surface area contributed by atoms with Gasteiger partial charge in [0.15, 0.2) is 5.84 Å². The summed E-state index contributed by atoms with van der Waals surface area (Å²) < 4.78 is 0. The summed E-state index contributed by atoms with van der Waals surface area (Å²) in [5.74, 6) is -0.0381. The third-order valence-electron chi connectivity index (χ3n) is 1.60. The first kappa shape index (κ1) is 11.7. The lowest BCUT2D eigenvalue weighted by Gasteiger charge is -2.02. The van der Waals surface area contributed by atoms with E-state index in [-0.39, 0.29) is 18.3 Å². The number of rotatable bonds is 6. The Morgan fingerprint density at radius 1 is 1.54 bits per heavy atom. The zero-order valence-corrected chi connectivity index (χ0v) is 7.92. The summed E-state index contributed by atoms with van der Waals surface area (Å²) in [6.45, 7) is 2.19. The van der Waals surface area contributed by atoms with Crippen LogP contribution in [0.5, 0.6) is 0 Å². The molecule has 0 bridgehead atoms. The van der Waals surface area contributed by atoms with Gasteiger partial charge in [0, 0.05) is 6.42 Å². The number of nitrogens with one attached hydrogen (secondary N) is 1. The van der Waals surface area contributed by atoms with E-state index in [4.69, 9.17) is 10.9 Å². The highest BCUT2D eigenvalue weighted by Crippen LogP contribution is 1.97. The maximum atomic E-state index is 11.0. The minimum absolute atomic E-state index is 0.0174. The van der Waals surface area contributed by atoms with Gasteiger partial charge >= 0.3 is 0 Å². The van der Waals surface area contributed by atoms with Crippen molar-refractivity contribution in [3.8, 4) is 0 Å². The van der Waals surface area contributed by atoms with Crippen LogP contribution in [0, 0.1) is 0 Å². The van der Waals surface area contributed by atoms with Gasteiger partial charge in [0.25, 0.3) is 0 Å². The van der Waals surface area contributed by atoms with Crippen LogP contribution in [-0.4, -0.2) is 23.5 Å². The monoisotopic (exact) mass is 187 g/mol. The van der Waals surface area contributed by atoms with Crippen molar-refractivity contribution in [1.29, 1.82) is 0 Å². The Hall–Kier alpha value is -1.26. The summed E-state index contributed by atoms with van der Waals surface area (Å²) in [5.41, 5.74) is 5.16. The second-order valence-corrected chi connectivity index (χ2v) is 2.83. The number of nitrogens with zero attached hydrogens (tertiary/aromatic N) is 1. The fraction of sp³-hybridized carbons (Fsp3) is 0.750. The number of carbonyl (C=O) groups excluding carboxylic acids is 1. The molecule has 0 aromatic carbocycles. The van der Waals surface area contributed by atoms with E-state index in [1.54, 1.807) is 0 Å². The van der Waals surface area contributed by atoms with Crippen molar-refractivity contribution in [1.82, 2.24) is 5.32 Å². The summed E-state index contributed by atoms with van der Waals surface area (Å²) in [4.78, 5) is 11.0. The van der Waals surface area contributed by atoms with Crippen LogP contribution in [0.2, 0.25) is 0 Å². The molecule has 4 N–H and O–H groups in total. The molecule has 76 valence electrons. The lowest BCUT2D eigenvalue weighted by molar-refractivity contribution is -0.120.